The van der Waals surface area contributed by atoms with Crippen molar-refractivity contribution in [1.82, 2.24) is 0 Å². The van der Waals surface area contributed by atoms with Crippen LogP contribution in [0.4, 0.5) is 11.4 Å². The molecule has 0 saturated carbocycles. The molecule has 2 aromatic carbocycles. The summed E-state index contributed by atoms with van der Waals surface area (Å²) in [6.45, 7) is -6.09. The van der Waals surface area contributed by atoms with Gasteiger partial charge in [-0.2, -0.15) is 0 Å². The number of aryl methyl sites for hydroxylation is 2. The third-order valence-corrected chi connectivity index (χ3v) is 3.29. The van der Waals surface area contributed by atoms with E-state index in [-0.39, 0.29) is 22.9 Å². The van der Waals surface area contributed by atoms with Gasteiger partial charge in [0.1, 0.15) is 0 Å². The molecule has 0 heterocycles. The highest BCUT2D eigenvalue weighted by Crippen LogP contribution is 2.38. The Morgan fingerprint density at radius 3 is 2.12 bits per heavy atom. The van der Waals surface area contributed by atoms with Gasteiger partial charge in [0.2, 0.25) is 0 Å². The van der Waals surface area contributed by atoms with Gasteiger partial charge < -0.3 is 15.4 Å². The zero-order chi connectivity index (χ0) is 28.8. The van der Waals surface area contributed by atoms with Gasteiger partial charge in [0.15, 0.2) is 11.5 Å². The molecule has 3 heteroatoms. The van der Waals surface area contributed by atoms with Crippen molar-refractivity contribution in [2.45, 2.75) is 66.2 Å². The summed E-state index contributed by atoms with van der Waals surface area (Å²) in [5.74, 6) is 0.158. The number of nitrogens with one attached hydrogen (secondary N) is 2. The van der Waals surface area contributed by atoms with Crippen LogP contribution in [0.15, 0.2) is 36.4 Å². The van der Waals surface area contributed by atoms with Gasteiger partial charge in [0, 0.05) is 27.5 Å². The van der Waals surface area contributed by atoms with E-state index in [1.807, 2.05) is 0 Å². The molecule has 0 fully saturated rings. The molecule has 0 amide bonds. The molecule has 0 atom stereocenters. The Bertz CT molecular complexity index is 1090. The molecule has 136 valence electrons. The first-order valence-corrected chi connectivity index (χ1v) is 7.89. The zero-order valence-corrected chi connectivity index (χ0v) is 14.9. The molecule has 0 bridgehead atoms. The molecule has 0 radical (unpaired) electrons. The molecule has 0 aliphatic carbocycles. The Morgan fingerprint density at radius 1 is 0.880 bits per heavy atom. The summed E-state index contributed by atoms with van der Waals surface area (Å²) >= 11 is 0. The van der Waals surface area contributed by atoms with Crippen LogP contribution < -0.4 is 15.4 Å². The summed E-state index contributed by atoms with van der Waals surface area (Å²) in [5.41, 5.74) is -3.27. The maximum Gasteiger partial charge on any atom is 0.153 e. The largest absolute Gasteiger partial charge is 0.453 e. The molecule has 25 heavy (non-hydrogen) atoms. The van der Waals surface area contributed by atoms with Crippen LogP contribution in [0.1, 0.15) is 68.8 Å². The van der Waals surface area contributed by atoms with Crippen molar-refractivity contribution in [2.75, 3.05) is 10.6 Å². The fourth-order valence-corrected chi connectivity index (χ4v) is 2.49. The molecule has 0 aliphatic heterocycles. The van der Waals surface area contributed by atoms with E-state index in [0.717, 1.165) is 13.8 Å². The van der Waals surface area contributed by atoms with E-state index in [2.05, 4.69) is 10.6 Å². The van der Waals surface area contributed by atoms with Crippen molar-refractivity contribution in [1.29, 1.82) is 0 Å². The van der Waals surface area contributed by atoms with Crippen molar-refractivity contribution >= 4 is 11.4 Å². The number of anilines is 2. The van der Waals surface area contributed by atoms with Gasteiger partial charge >= 0.3 is 0 Å². The van der Waals surface area contributed by atoms with E-state index in [1.165, 1.54) is 12.1 Å². The summed E-state index contributed by atoms with van der Waals surface area (Å²) < 4.78 is 101. The molecular weight excluding hydrogens is 308 g/mol. The third-order valence-electron chi connectivity index (χ3n) is 3.29. The van der Waals surface area contributed by atoms with Crippen molar-refractivity contribution in [3.63, 3.8) is 0 Å². The number of ether oxygens (including phenoxy) is 1. The average molecular weight is 353 g/mol. The SMILES string of the molecule is [2H]C([2H])([2H])C(C)(Nc1ccccc1Oc1c(C)cc(C)cc1NC(C)(C([2H])([2H])[2H])C([2H])([2H])[2H])C([2H])([2H])[2H]. The molecule has 0 aliphatic rings. The minimum atomic E-state index is -2.92. The Balaban J connectivity index is 2.65. The summed E-state index contributed by atoms with van der Waals surface area (Å²) in [5, 5.41) is 5.29. The molecule has 0 saturated heterocycles. The van der Waals surface area contributed by atoms with Gasteiger partial charge in [-0.25, -0.2) is 0 Å². The van der Waals surface area contributed by atoms with E-state index in [1.54, 1.807) is 38.1 Å². The van der Waals surface area contributed by atoms with E-state index in [9.17, 15) is 0 Å². The molecule has 2 N–H and O–H groups in total. The lowest BCUT2D eigenvalue weighted by Gasteiger charge is -2.27. The predicted octanol–water partition coefficient (Wildman–Crippen LogP) is 6.52. The maximum absolute atomic E-state index is 7.89. The van der Waals surface area contributed by atoms with Crippen molar-refractivity contribution in [3.05, 3.63) is 47.5 Å². The van der Waals surface area contributed by atoms with Crippen LogP contribution in [0.25, 0.3) is 0 Å². The second kappa shape index (κ2) is 6.99. The molecule has 2 aromatic rings. The molecule has 2 rings (SSSR count). The van der Waals surface area contributed by atoms with Crippen LogP contribution in [-0.2, 0) is 0 Å². The number of hydrogen-bond acceptors (Lipinski definition) is 3. The Kier molecular flexibility index (Phi) is 2.37. The van der Waals surface area contributed by atoms with Gasteiger partial charge in [-0.1, -0.05) is 18.2 Å². The molecule has 3 nitrogen and oxygen atoms in total. The Morgan fingerprint density at radius 2 is 1.48 bits per heavy atom. The standard InChI is InChI=1S/C22H32N2O/c1-15-13-16(2)20(18(14-15)24-22(6,7)8)25-19-12-10-9-11-17(19)23-21(3,4)5/h9-14,23-24H,1-8H3/i3D3,4D3,6D3,7D3. The first-order valence-electron chi connectivity index (χ1n) is 13.9. The highest BCUT2D eigenvalue weighted by Gasteiger charge is 2.18. The number of para-hydroxylation sites is 2. The summed E-state index contributed by atoms with van der Waals surface area (Å²) in [7, 11) is 0. The lowest BCUT2D eigenvalue weighted by molar-refractivity contribution is 0.477. The number of benzene rings is 2. The maximum atomic E-state index is 7.89. The average Bonchev–Trinajstić information content (AvgIpc) is 2.68. The van der Waals surface area contributed by atoms with E-state index in [0.29, 0.717) is 11.1 Å². The Labute approximate surface area is 169 Å². The molecule has 0 unspecified atom stereocenters. The predicted molar refractivity (Wildman–Crippen MR) is 109 cm³/mol. The second-order valence-corrected chi connectivity index (χ2v) is 6.56. The van der Waals surface area contributed by atoms with Crippen molar-refractivity contribution in [3.8, 4) is 11.5 Å². The van der Waals surface area contributed by atoms with Crippen LogP contribution in [0.2, 0.25) is 0 Å². The first kappa shape index (κ1) is 8.48. The van der Waals surface area contributed by atoms with Crippen LogP contribution in [0.3, 0.4) is 0 Å². The summed E-state index contributed by atoms with van der Waals surface area (Å²) in [6.07, 6.45) is 0. The van der Waals surface area contributed by atoms with E-state index >= 15 is 0 Å². The number of hydrogen-bond donors (Lipinski definition) is 2. The molecular formula is C22H32N2O. The van der Waals surface area contributed by atoms with Crippen molar-refractivity contribution < 1.29 is 21.2 Å². The quantitative estimate of drug-likeness (QED) is 0.657. The first-order chi connectivity index (χ1) is 16.4. The smallest absolute Gasteiger partial charge is 0.153 e. The fraction of sp³-hybridized carbons (Fsp3) is 0.455. The van der Waals surface area contributed by atoms with Crippen LogP contribution in [0.5, 0.6) is 11.5 Å². The highest BCUT2D eigenvalue weighted by atomic mass is 16.5. The normalized spacial score (nSPS) is 21.1. The molecule has 0 aromatic heterocycles. The third kappa shape index (κ3) is 5.70. The van der Waals surface area contributed by atoms with Gasteiger partial charge in [0.25, 0.3) is 0 Å². The van der Waals surface area contributed by atoms with Gasteiger partial charge in [-0.15, -0.1) is 0 Å². The minimum Gasteiger partial charge on any atom is -0.453 e. The monoisotopic (exact) mass is 352 g/mol. The fourth-order valence-electron chi connectivity index (χ4n) is 2.49. The second-order valence-electron chi connectivity index (χ2n) is 6.56. The van der Waals surface area contributed by atoms with Crippen LogP contribution in [0, 0.1) is 13.8 Å². The summed E-state index contributed by atoms with van der Waals surface area (Å²) in [6, 6.07) is 9.38. The minimum absolute atomic E-state index is 0.0571. The molecule has 0 spiro atoms. The lowest BCUT2D eigenvalue weighted by atomic mass is 10.1. The topological polar surface area (TPSA) is 33.3 Å². The van der Waals surface area contributed by atoms with Crippen LogP contribution >= 0.6 is 0 Å². The highest BCUT2D eigenvalue weighted by molar-refractivity contribution is 5.66. The van der Waals surface area contributed by atoms with Crippen LogP contribution in [-0.4, -0.2) is 11.1 Å². The van der Waals surface area contributed by atoms with Gasteiger partial charge in [0.05, 0.1) is 11.4 Å². The van der Waals surface area contributed by atoms with Gasteiger partial charge in [-0.05, 0) is 84.4 Å². The van der Waals surface area contributed by atoms with E-state index < -0.39 is 38.5 Å². The van der Waals surface area contributed by atoms with Gasteiger partial charge in [-0.3, -0.25) is 0 Å². The summed E-state index contributed by atoms with van der Waals surface area (Å²) in [4.78, 5) is 0. The van der Waals surface area contributed by atoms with E-state index in [4.69, 9.17) is 21.2 Å². The van der Waals surface area contributed by atoms with Crippen molar-refractivity contribution in [2.24, 2.45) is 0 Å². The zero-order valence-electron chi connectivity index (χ0n) is 26.9. The lowest BCUT2D eigenvalue weighted by Crippen LogP contribution is -2.27. The number of rotatable bonds is 4. The Hall–Kier alpha value is -2.16.